The number of ether oxygens (including phenoxy) is 1. The normalized spacial score (nSPS) is 16.8. The van der Waals surface area contributed by atoms with Crippen LogP contribution in [0, 0.1) is 0 Å². The molecule has 0 radical (unpaired) electrons. The van der Waals surface area contributed by atoms with E-state index >= 15 is 0 Å². The molecule has 0 aromatic heterocycles. The average Bonchev–Trinajstić information content (AvgIpc) is 1.89. The first-order valence-electron chi connectivity index (χ1n) is 3.46. The van der Waals surface area contributed by atoms with E-state index in [9.17, 15) is 0 Å². The maximum atomic E-state index is 5.41. The van der Waals surface area contributed by atoms with Gasteiger partial charge in [0.25, 0.3) is 0 Å². The van der Waals surface area contributed by atoms with Crippen LogP contribution < -0.4 is 0 Å². The van der Waals surface area contributed by atoms with E-state index in [0.29, 0.717) is 0 Å². The van der Waals surface area contributed by atoms with Crippen LogP contribution in [-0.4, -0.2) is 12.2 Å². The summed E-state index contributed by atoms with van der Waals surface area (Å²) in [4.78, 5) is 0. The summed E-state index contributed by atoms with van der Waals surface area (Å²) in [5.41, 5.74) is -0.102. The molecule has 0 fully saturated rings. The maximum Gasteiger partial charge on any atom is 0.0829 e. The monoisotopic (exact) mass is 128 g/mol. The third-order valence-electron chi connectivity index (χ3n) is 1.61. The van der Waals surface area contributed by atoms with Crippen molar-refractivity contribution in [3.05, 3.63) is 12.7 Å². The predicted molar refractivity (Wildman–Crippen MR) is 40.5 cm³/mol. The molecule has 0 heterocycles. The van der Waals surface area contributed by atoms with Gasteiger partial charge in [-0.2, -0.15) is 0 Å². The van der Waals surface area contributed by atoms with Crippen molar-refractivity contribution in [2.24, 2.45) is 0 Å². The van der Waals surface area contributed by atoms with E-state index in [4.69, 9.17) is 4.74 Å². The van der Waals surface area contributed by atoms with Gasteiger partial charge in [0.2, 0.25) is 0 Å². The Morgan fingerprint density at radius 3 is 2.22 bits per heavy atom. The zero-order valence-electron chi connectivity index (χ0n) is 6.61. The highest BCUT2D eigenvalue weighted by Crippen LogP contribution is 2.14. The molecule has 0 N–H and O–H groups in total. The number of hydrogen-bond donors (Lipinski definition) is 0. The Bertz CT molecular complexity index is 88.6. The topological polar surface area (TPSA) is 9.23 Å². The number of rotatable bonds is 4. The second-order valence-electron chi connectivity index (χ2n) is 2.30. The summed E-state index contributed by atoms with van der Waals surface area (Å²) in [6.07, 6.45) is 2.85. The third-order valence-corrected chi connectivity index (χ3v) is 1.61. The Kier molecular flexibility index (Phi) is 3.55. The molecule has 0 aromatic carbocycles. The second kappa shape index (κ2) is 3.67. The fourth-order valence-corrected chi connectivity index (χ4v) is 0.635. The van der Waals surface area contributed by atoms with Crippen molar-refractivity contribution in [3.63, 3.8) is 0 Å². The molecular formula is C8H16O. The summed E-state index contributed by atoms with van der Waals surface area (Å²) in [5.74, 6) is 0. The van der Waals surface area contributed by atoms with Crippen molar-refractivity contribution in [1.29, 1.82) is 0 Å². The Balaban J connectivity index is 3.76. The van der Waals surface area contributed by atoms with E-state index in [1.54, 1.807) is 0 Å². The first-order chi connectivity index (χ1) is 4.18. The Hall–Kier alpha value is -0.300. The van der Waals surface area contributed by atoms with Crippen LogP contribution in [-0.2, 0) is 4.74 Å². The van der Waals surface area contributed by atoms with E-state index in [-0.39, 0.29) is 5.60 Å². The molecule has 0 spiro atoms. The van der Waals surface area contributed by atoms with Gasteiger partial charge in [0.05, 0.1) is 5.60 Å². The maximum absolute atomic E-state index is 5.41. The minimum Gasteiger partial charge on any atom is -0.372 e. The zero-order valence-corrected chi connectivity index (χ0v) is 6.61. The van der Waals surface area contributed by atoms with Gasteiger partial charge in [-0.15, -0.1) is 6.58 Å². The predicted octanol–water partition coefficient (Wildman–Crippen LogP) is 2.38. The Morgan fingerprint density at radius 2 is 2.11 bits per heavy atom. The molecule has 0 aliphatic carbocycles. The molecule has 0 bridgehead atoms. The van der Waals surface area contributed by atoms with E-state index in [1.165, 1.54) is 0 Å². The molecule has 1 atom stereocenters. The molecule has 0 saturated carbocycles. The van der Waals surface area contributed by atoms with Gasteiger partial charge in [0.15, 0.2) is 0 Å². The highest BCUT2D eigenvalue weighted by Gasteiger charge is 2.15. The highest BCUT2D eigenvalue weighted by molar-refractivity contribution is 4.92. The molecule has 54 valence electrons. The van der Waals surface area contributed by atoms with Gasteiger partial charge >= 0.3 is 0 Å². The van der Waals surface area contributed by atoms with Gasteiger partial charge in [0, 0.05) is 6.61 Å². The fourth-order valence-electron chi connectivity index (χ4n) is 0.635. The van der Waals surface area contributed by atoms with Crippen LogP contribution in [0.4, 0.5) is 0 Å². The second-order valence-corrected chi connectivity index (χ2v) is 2.30. The van der Waals surface area contributed by atoms with Gasteiger partial charge in [-0.25, -0.2) is 0 Å². The molecule has 1 nitrogen and oxygen atoms in total. The van der Waals surface area contributed by atoms with Crippen LogP contribution in [0.3, 0.4) is 0 Å². The van der Waals surface area contributed by atoms with Crippen LogP contribution in [0.5, 0.6) is 0 Å². The first-order valence-corrected chi connectivity index (χ1v) is 3.46. The van der Waals surface area contributed by atoms with Gasteiger partial charge in [-0.3, -0.25) is 0 Å². The van der Waals surface area contributed by atoms with Crippen LogP contribution >= 0.6 is 0 Å². The lowest BCUT2D eigenvalue weighted by atomic mass is 10.0. The summed E-state index contributed by atoms with van der Waals surface area (Å²) in [7, 11) is 0. The van der Waals surface area contributed by atoms with E-state index in [2.05, 4.69) is 13.5 Å². The van der Waals surface area contributed by atoms with Crippen LogP contribution in [0.25, 0.3) is 0 Å². The minimum absolute atomic E-state index is 0.102. The van der Waals surface area contributed by atoms with Gasteiger partial charge in [-0.05, 0) is 20.3 Å². The van der Waals surface area contributed by atoms with E-state index in [0.717, 1.165) is 13.0 Å². The number of hydrogen-bond acceptors (Lipinski definition) is 1. The van der Waals surface area contributed by atoms with Crippen molar-refractivity contribution >= 4 is 0 Å². The molecule has 9 heavy (non-hydrogen) atoms. The lowest BCUT2D eigenvalue weighted by Crippen LogP contribution is -2.24. The quantitative estimate of drug-likeness (QED) is 0.528. The Labute approximate surface area is 57.7 Å². The van der Waals surface area contributed by atoms with Crippen molar-refractivity contribution < 1.29 is 4.74 Å². The molecular weight excluding hydrogens is 112 g/mol. The van der Waals surface area contributed by atoms with E-state index < -0.39 is 0 Å². The van der Waals surface area contributed by atoms with Gasteiger partial charge in [-0.1, -0.05) is 13.0 Å². The van der Waals surface area contributed by atoms with Crippen molar-refractivity contribution in [3.8, 4) is 0 Å². The molecule has 0 aromatic rings. The largest absolute Gasteiger partial charge is 0.372 e. The van der Waals surface area contributed by atoms with Crippen LogP contribution in [0.15, 0.2) is 12.7 Å². The van der Waals surface area contributed by atoms with Crippen molar-refractivity contribution in [1.82, 2.24) is 0 Å². The minimum atomic E-state index is -0.102. The summed E-state index contributed by atoms with van der Waals surface area (Å²) in [6, 6.07) is 0. The highest BCUT2D eigenvalue weighted by atomic mass is 16.5. The summed E-state index contributed by atoms with van der Waals surface area (Å²) < 4.78 is 5.41. The molecule has 0 rings (SSSR count). The standard InChI is InChI=1S/C8H16O/c1-5-8(4,6-2)9-7-3/h5H,1,6-7H2,2-4H3. The zero-order chi connectivity index (χ0) is 7.33. The molecule has 0 saturated heterocycles. The fraction of sp³-hybridized carbons (Fsp3) is 0.750. The summed E-state index contributed by atoms with van der Waals surface area (Å²) in [6.45, 7) is 10.6. The first kappa shape index (κ1) is 8.70. The average molecular weight is 128 g/mol. The molecule has 0 aliphatic rings. The molecule has 0 aliphatic heterocycles. The summed E-state index contributed by atoms with van der Waals surface area (Å²) in [5, 5.41) is 0. The molecule has 1 unspecified atom stereocenters. The lowest BCUT2D eigenvalue weighted by molar-refractivity contribution is 0.0113. The third kappa shape index (κ3) is 2.66. The van der Waals surface area contributed by atoms with Gasteiger partial charge in [0.1, 0.15) is 0 Å². The van der Waals surface area contributed by atoms with Crippen LogP contribution in [0.2, 0.25) is 0 Å². The van der Waals surface area contributed by atoms with E-state index in [1.807, 2.05) is 19.9 Å². The SMILES string of the molecule is C=CC(C)(CC)OCC. The molecule has 1 heteroatoms. The van der Waals surface area contributed by atoms with Crippen molar-refractivity contribution in [2.45, 2.75) is 32.8 Å². The Morgan fingerprint density at radius 1 is 1.56 bits per heavy atom. The van der Waals surface area contributed by atoms with Gasteiger partial charge < -0.3 is 4.74 Å². The van der Waals surface area contributed by atoms with Crippen molar-refractivity contribution in [2.75, 3.05) is 6.61 Å². The molecule has 0 amide bonds. The lowest BCUT2D eigenvalue weighted by Gasteiger charge is -2.23. The smallest absolute Gasteiger partial charge is 0.0829 e. The van der Waals surface area contributed by atoms with Crippen LogP contribution in [0.1, 0.15) is 27.2 Å². The summed E-state index contributed by atoms with van der Waals surface area (Å²) >= 11 is 0.